The van der Waals surface area contributed by atoms with E-state index in [-0.39, 0.29) is 5.91 Å². The Kier molecular flexibility index (Phi) is 6.50. The molecule has 3 heterocycles. The lowest BCUT2D eigenvalue weighted by atomic mass is 9.78. The quantitative estimate of drug-likeness (QED) is 0.587. The van der Waals surface area contributed by atoms with Crippen molar-refractivity contribution in [2.45, 2.75) is 51.3 Å². The highest BCUT2D eigenvalue weighted by molar-refractivity contribution is 7.09. The number of piperidine rings is 1. The molecule has 1 aromatic carbocycles. The number of aryl methyl sites for hydroxylation is 3. The summed E-state index contributed by atoms with van der Waals surface area (Å²) in [4.78, 5) is 19.5. The first kappa shape index (κ1) is 21.7. The largest absolute Gasteiger partial charge is 0.389 e. The zero-order chi connectivity index (χ0) is 21.8. The van der Waals surface area contributed by atoms with Gasteiger partial charge in [-0.15, -0.1) is 11.3 Å². The molecule has 1 aliphatic heterocycles. The van der Waals surface area contributed by atoms with Crippen LogP contribution in [-0.2, 0) is 23.3 Å². The molecule has 1 amide bonds. The lowest BCUT2D eigenvalue weighted by molar-refractivity contribution is -0.127. The van der Waals surface area contributed by atoms with Crippen LogP contribution in [-0.4, -0.2) is 45.2 Å². The van der Waals surface area contributed by atoms with E-state index in [1.807, 2.05) is 55.6 Å². The maximum Gasteiger partial charge on any atom is 0.221 e. The van der Waals surface area contributed by atoms with E-state index in [0.717, 1.165) is 34.3 Å². The molecule has 31 heavy (non-hydrogen) atoms. The molecule has 0 unspecified atom stereocenters. The van der Waals surface area contributed by atoms with Crippen molar-refractivity contribution in [3.8, 4) is 0 Å². The summed E-state index contributed by atoms with van der Waals surface area (Å²) < 4.78 is 5.16. The number of likely N-dealkylation sites (tertiary alicyclic amines) is 1. The number of nitrogens with zero attached hydrogens (tertiary/aromatic N) is 3. The second-order valence-corrected chi connectivity index (χ2v) is 9.24. The summed E-state index contributed by atoms with van der Waals surface area (Å²) in [6.07, 6.45) is 0.791. The van der Waals surface area contributed by atoms with E-state index in [9.17, 15) is 9.90 Å². The average molecular weight is 441 g/mol. The first-order chi connectivity index (χ1) is 14.9. The van der Waals surface area contributed by atoms with Gasteiger partial charge in [-0.3, -0.25) is 9.69 Å². The molecule has 1 aliphatic rings. The van der Waals surface area contributed by atoms with E-state index >= 15 is 0 Å². The van der Waals surface area contributed by atoms with Gasteiger partial charge in [-0.2, -0.15) is 0 Å². The lowest BCUT2D eigenvalue weighted by Gasteiger charge is -2.46. The van der Waals surface area contributed by atoms with Crippen molar-refractivity contribution in [3.05, 3.63) is 69.5 Å². The van der Waals surface area contributed by atoms with Crippen LogP contribution < -0.4 is 5.32 Å². The number of aliphatic hydroxyl groups is 1. The Labute approximate surface area is 186 Å². The monoisotopic (exact) mass is 440 g/mol. The number of amides is 1. The minimum Gasteiger partial charge on any atom is -0.389 e. The number of carbonyl (C=O) groups is 1. The molecule has 0 saturated carbocycles. The molecule has 0 radical (unpaired) electrons. The Morgan fingerprint density at radius 2 is 2.13 bits per heavy atom. The molecule has 1 saturated heterocycles. The Hall–Kier alpha value is -2.55. The fourth-order valence-corrected chi connectivity index (χ4v) is 4.87. The van der Waals surface area contributed by atoms with Crippen molar-refractivity contribution in [1.29, 1.82) is 0 Å². The second kappa shape index (κ2) is 9.30. The Morgan fingerprint density at radius 3 is 2.77 bits per heavy atom. The summed E-state index contributed by atoms with van der Waals surface area (Å²) in [7, 11) is 0. The van der Waals surface area contributed by atoms with Crippen molar-refractivity contribution >= 4 is 17.2 Å². The molecule has 0 aliphatic carbocycles. The number of rotatable bonds is 7. The van der Waals surface area contributed by atoms with Crippen LogP contribution in [0.15, 0.2) is 46.3 Å². The topological polar surface area (TPSA) is 91.5 Å². The van der Waals surface area contributed by atoms with Crippen molar-refractivity contribution in [2.75, 3.05) is 13.1 Å². The number of carbonyl (C=O) groups excluding carboxylic acids is 1. The van der Waals surface area contributed by atoms with E-state index < -0.39 is 11.6 Å². The van der Waals surface area contributed by atoms with E-state index in [4.69, 9.17) is 4.52 Å². The summed E-state index contributed by atoms with van der Waals surface area (Å²) in [6.45, 7) is 5.60. The van der Waals surface area contributed by atoms with Crippen LogP contribution in [0.1, 0.15) is 40.6 Å². The minimum atomic E-state index is -0.813. The number of nitrogens with one attached hydrogen (secondary N) is 1. The number of aliphatic hydroxyl groups excluding tert-OH is 1. The molecule has 3 aromatic rings. The van der Waals surface area contributed by atoms with E-state index in [1.165, 1.54) is 0 Å². The van der Waals surface area contributed by atoms with Gasteiger partial charge in [0.25, 0.3) is 0 Å². The number of hydrogen-bond donors (Lipinski definition) is 2. The molecule has 7 nitrogen and oxygen atoms in total. The fraction of sp³-hybridized carbons (Fsp3) is 0.435. The maximum absolute atomic E-state index is 12.9. The summed E-state index contributed by atoms with van der Waals surface area (Å²) >= 11 is 1.59. The molecular weight excluding hydrogens is 412 g/mol. The molecule has 8 heteroatoms. The van der Waals surface area contributed by atoms with Crippen LogP contribution >= 0.6 is 11.3 Å². The summed E-state index contributed by atoms with van der Waals surface area (Å²) in [5, 5.41) is 21.5. The van der Waals surface area contributed by atoms with E-state index in [2.05, 4.69) is 20.4 Å². The third-order valence-corrected chi connectivity index (χ3v) is 6.63. The van der Waals surface area contributed by atoms with Crippen LogP contribution in [0.2, 0.25) is 0 Å². The molecule has 2 atom stereocenters. The SMILES string of the molecule is Cc1cc(CN2CC[C@@](NC(=O)CCc3csc(C)n3)(c3ccccc3)[C@H](O)C2)no1. The van der Waals surface area contributed by atoms with Crippen molar-refractivity contribution in [1.82, 2.24) is 20.4 Å². The fourth-order valence-electron chi connectivity index (χ4n) is 4.22. The lowest BCUT2D eigenvalue weighted by Crippen LogP contribution is -2.61. The normalized spacial score (nSPS) is 21.8. The van der Waals surface area contributed by atoms with Gasteiger partial charge in [0.15, 0.2) is 0 Å². The number of hydrogen-bond acceptors (Lipinski definition) is 7. The predicted octanol–water partition coefficient (Wildman–Crippen LogP) is 2.96. The number of aromatic nitrogens is 2. The molecule has 4 rings (SSSR count). The van der Waals surface area contributed by atoms with Crippen molar-refractivity contribution in [2.24, 2.45) is 0 Å². The van der Waals surface area contributed by atoms with Gasteiger partial charge in [0.05, 0.1) is 28.0 Å². The van der Waals surface area contributed by atoms with Crippen LogP contribution in [0.25, 0.3) is 0 Å². The summed E-state index contributed by atoms with van der Waals surface area (Å²) in [6, 6.07) is 11.7. The van der Waals surface area contributed by atoms with Crippen LogP contribution in [0.3, 0.4) is 0 Å². The summed E-state index contributed by atoms with van der Waals surface area (Å²) in [5.74, 6) is 0.697. The Morgan fingerprint density at radius 1 is 1.32 bits per heavy atom. The number of thiazole rings is 1. The number of β-amino-alcohol motifs (C(OH)–C–C–N with tert-alkyl or cyclic N) is 1. The van der Waals surface area contributed by atoms with E-state index in [1.54, 1.807) is 11.3 Å². The van der Waals surface area contributed by atoms with Gasteiger partial charge in [0.2, 0.25) is 5.91 Å². The zero-order valence-corrected chi connectivity index (χ0v) is 18.7. The molecule has 164 valence electrons. The van der Waals surface area contributed by atoms with Gasteiger partial charge in [0.1, 0.15) is 5.76 Å². The maximum atomic E-state index is 12.9. The highest BCUT2D eigenvalue weighted by atomic mass is 32.1. The van der Waals surface area contributed by atoms with Gasteiger partial charge in [-0.05, 0) is 32.3 Å². The molecule has 2 N–H and O–H groups in total. The van der Waals surface area contributed by atoms with Gasteiger partial charge in [-0.25, -0.2) is 4.98 Å². The Balaban J connectivity index is 1.47. The number of benzene rings is 1. The third kappa shape index (κ3) is 5.03. The minimum absolute atomic E-state index is 0.0749. The van der Waals surface area contributed by atoms with Crippen LogP contribution in [0.5, 0.6) is 0 Å². The van der Waals surface area contributed by atoms with Crippen LogP contribution in [0, 0.1) is 13.8 Å². The Bertz CT molecular complexity index is 1020. The smallest absolute Gasteiger partial charge is 0.221 e. The first-order valence-electron chi connectivity index (χ1n) is 10.5. The third-order valence-electron chi connectivity index (χ3n) is 5.81. The van der Waals surface area contributed by atoms with Gasteiger partial charge < -0.3 is 14.9 Å². The highest BCUT2D eigenvalue weighted by Gasteiger charge is 2.44. The first-order valence-corrected chi connectivity index (χ1v) is 11.4. The molecule has 0 spiro atoms. The molecule has 0 bridgehead atoms. The van der Waals surface area contributed by atoms with Crippen molar-refractivity contribution in [3.63, 3.8) is 0 Å². The second-order valence-electron chi connectivity index (χ2n) is 8.17. The van der Waals surface area contributed by atoms with E-state index in [0.29, 0.717) is 32.4 Å². The summed E-state index contributed by atoms with van der Waals surface area (Å²) in [5.41, 5.74) is 1.90. The van der Waals surface area contributed by atoms with Crippen LogP contribution in [0.4, 0.5) is 0 Å². The van der Waals surface area contributed by atoms with Gasteiger partial charge >= 0.3 is 0 Å². The highest BCUT2D eigenvalue weighted by Crippen LogP contribution is 2.34. The van der Waals surface area contributed by atoms with Gasteiger partial charge in [-0.1, -0.05) is 35.5 Å². The van der Waals surface area contributed by atoms with Crippen molar-refractivity contribution < 1.29 is 14.4 Å². The van der Waals surface area contributed by atoms with Gasteiger partial charge in [0, 0.05) is 37.5 Å². The molecule has 2 aromatic heterocycles. The molecule has 1 fully saturated rings. The predicted molar refractivity (Wildman–Crippen MR) is 119 cm³/mol. The molecular formula is C23H28N4O3S. The zero-order valence-electron chi connectivity index (χ0n) is 17.9. The average Bonchev–Trinajstić information content (AvgIpc) is 3.37. The standard InChI is InChI=1S/C23H28N4O3S/c1-16-12-20(26-30-16)13-27-11-10-23(21(28)14-27,18-6-4-3-5-7-18)25-22(29)9-8-19-15-31-17(2)24-19/h3-7,12,15,21,28H,8-11,13-14H2,1-2H3,(H,25,29)/t21-,23-/m1/s1.